The topological polar surface area (TPSA) is 127 Å². The average molecular weight is 639 g/mol. The minimum Gasteiger partial charge on any atom is -0.435 e. The Bertz CT molecular complexity index is 1330. The molecule has 0 aliphatic carbocycles. The number of halogens is 5. The first kappa shape index (κ1) is 35.3. The number of fused-ring (bicyclic) bond motifs is 1. The van der Waals surface area contributed by atoms with Crippen molar-refractivity contribution >= 4 is 43.0 Å². The number of hydrogen-bond donors (Lipinski definition) is 2. The van der Waals surface area contributed by atoms with Gasteiger partial charge in [-0.2, -0.15) is 4.98 Å². The second kappa shape index (κ2) is 17.3. The van der Waals surface area contributed by atoms with Gasteiger partial charge in [0.05, 0.1) is 30.4 Å². The van der Waals surface area contributed by atoms with Crippen molar-refractivity contribution in [1.29, 1.82) is 0 Å². The molecule has 2 aromatic carbocycles. The number of nitrogens with one attached hydrogen (secondary N) is 1. The van der Waals surface area contributed by atoms with Crippen LogP contribution in [0.1, 0.15) is 26.5 Å². The van der Waals surface area contributed by atoms with E-state index in [1.54, 1.807) is 19.2 Å². The highest BCUT2D eigenvalue weighted by Crippen LogP contribution is 2.44. The molecule has 0 saturated carbocycles. The summed E-state index contributed by atoms with van der Waals surface area (Å²) in [5.41, 5.74) is 4.44. The Balaban J connectivity index is 0.000000686. The van der Waals surface area contributed by atoms with Crippen LogP contribution in [0.5, 0.6) is 5.75 Å². The number of hydrogen-bond acceptors (Lipinski definition) is 9. The molecule has 1 aliphatic heterocycles. The molecule has 4 rings (SSSR count). The van der Waals surface area contributed by atoms with Gasteiger partial charge in [0, 0.05) is 25.1 Å². The molecule has 3 N–H and O–H groups in total. The number of nitrogen functional groups attached to an aromatic ring is 1. The molecule has 0 spiro atoms. The molecule has 1 saturated heterocycles. The number of nitrogens with two attached hydrogens (primary N) is 1. The van der Waals surface area contributed by atoms with E-state index in [-0.39, 0.29) is 24.0 Å². The number of anilines is 1. The highest BCUT2D eigenvalue weighted by Gasteiger charge is 2.52. The fraction of sp³-hybridized carbons (Fsp3) is 0.423. The summed E-state index contributed by atoms with van der Waals surface area (Å²) in [7, 11) is -0.173. The molecule has 42 heavy (non-hydrogen) atoms. The van der Waals surface area contributed by atoms with E-state index < -0.39 is 45.8 Å². The van der Waals surface area contributed by atoms with Crippen molar-refractivity contribution in [1.82, 2.24) is 14.6 Å². The van der Waals surface area contributed by atoms with Crippen molar-refractivity contribution in [2.24, 2.45) is 0 Å². The molecule has 0 radical (unpaired) electrons. The van der Waals surface area contributed by atoms with Crippen LogP contribution < -0.4 is 21.0 Å². The summed E-state index contributed by atoms with van der Waals surface area (Å²) in [6, 6.07) is 13.0. The van der Waals surface area contributed by atoms with Crippen molar-refractivity contribution < 1.29 is 40.9 Å². The minimum atomic E-state index is -3.39. The number of aromatic nitrogens is 2. The Labute approximate surface area is 246 Å². The Morgan fingerprint density at radius 1 is 1.26 bits per heavy atom. The molecule has 2 heterocycles. The van der Waals surface area contributed by atoms with Crippen molar-refractivity contribution in [3.05, 3.63) is 64.2 Å². The van der Waals surface area contributed by atoms with Crippen LogP contribution in [0.25, 0.3) is 10.8 Å². The number of alkyl halides is 4. The number of nitrogens with zero attached hydrogens (tertiary/aromatic N) is 2. The molecule has 3 aromatic rings. The van der Waals surface area contributed by atoms with Gasteiger partial charge in [-0.1, -0.05) is 48.0 Å². The van der Waals surface area contributed by atoms with Crippen molar-refractivity contribution in [3.8, 4) is 5.75 Å². The summed E-state index contributed by atoms with van der Waals surface area (Å²) in [6.45, 7) is 1.91. The van der Waals surface area contributed by atoms with Crippen LogP contribution in [0.2, 0.25) is 5.02 Å². The van der Waals surface area contributed by atoms with E-state index in [9.17, 15) is 27.2 Å². The lowest BCUT2D eigenvalue weighted by molar-refractivity contribution is -0.119. The van der Waals surface area contributed by atoms with E-state index in [2.05, 4.69) is 10.1 Å². The molecular weight excluding hydrogens is 607 g/mol. The van der Waals surface area contributed by atoms with Crippen LogP contribution in [-0.4, -0.2) is 61.2 Å². The van der Waals surface area contributed by atoms with Crippen LogP contribution in [0, 0.1) is 0 Å². The smallest absolute Gasteiger partial charge is 0.351 e. The first-order chi connectivity index (χ1) is 20.0. The lowest BCUT2D eigenvalue weighted by Crippen LogP contribution is -2.35. The van der Waals surface area contributed by atoms with E-state index in [0.29, 0.717) is 22.7 Å². The van der Waals surface area contributed by atoms with E-state index in [4.69, 9.17) is 35.9 Å². The standard InChI is InChI=1S/C21H20ClF2N4O5P.C4H10O.CH2F2/c22-16-11-28(20(30)27-18(16)25)19-21(23,24)10-14(32-19)12-31-34(26-8-9-29)33-17-7-3-5-13-4-1-2-6-15(13)17;1-4(2)5-3;2-1-3/h1-7,9,11,14,19,26H,8,10,12H2,(H2,25,27,30);4H,1-3H3;1H2. The van der Waals surface area contributed by atoms with Gasteiger partial charge in [-0.3, -0.25) is 4.57 Å². The lowest BCUT2D eigenvalue weighted by atomic mass is 10.1. The van der Waals surface area contributed by atoms with Gasteiger partial charge in [-0.25, -0.2) is 27.4 Å². The number of ether oxygens (including phenoxy) is 2. The van der Waals surface area contributed by atoms with Gasteiger partial charge < -0.3 is 29.0 Å². The van der Waals surface area contributed by atoms with E-state index in [1.807, 2.05) is 44.2 Å². The largest absolute Gasteiger partial charge is 0.435 e. The van der Waals surface area contributed by atoms with Crippen LogP contribution in [0.3, 0.4) is 0 Å². The summed E-state index contributed by atoms with van der Waals surface area (Å²) < 4.78 is 71.0. The van der Waals surface area contributed by atoms with Crippen molar-refractivity contribution in [3.63, 3.8) is 0 Å². The maximum absolute atomic E-state index is 14.7. The predicted molar refractivity (Wildman–Crippen MR) is 152 cm³/mol. The Morgan fingerprint density at radius 3 is 2.55 bits per heavy atom. The number of benzene rings is 2. The Morgan fingerprint density at radius 2 is 1.90 bits per heavy atom. The van der Waals surface area contributed by atoms with Gasteiger partial charge in [0.25, 0.3) is 5.92 Å². The fourth-order valence-electron chi connectivity index (χ4n) is 3.46. The maximum atomic E-state index is 14.7. The zero-order valence-electron chi connectivity index (χ0n) is 23.0. The molecule has 3 unspecified atom stereocenters. The van der Waals surface area contributed by atoms with Gasteiger partial charge >= 0.3 is 14.2 Å². The summed E-state index contributed by atoms with van der Waals surface area (Å²) >= 11 is 5.84. The Kier molecular flexibility index (Phi) is 14.5. The monoisotopic (exact) mass is 638 g/mol. The average Bonchev–Trinajstić information content (AvgIpc) is 3.26. The molecule has 0 bridgehead atoms. The number of carbonyl (C=O) groups excluding carboxylic acids is 1. The first-order valence-corrected chi connectivity index (χ1v) is 14.0. The van der Waals surface area contributed by atoms with E-state index >= 15 is 0 Å². The second-order valence-corrected chi connectivity index (χ2v) is 10.5. The predicted octanol–water partition coefficient (Wildman–Crippen LogP) is 5.59. The van der Waals surface area contributed by atoms with Crippen LogP contribution in [0.15, 0.2) is 53.5 Å². The highest BCUT2D eigenvalue weighted by molar-refractivity contribution is 7.45. The second-order valence-electron chi connectivity index (χ2n) is 8.78. The van der Waals surface area contributed by atoms with Gasteiger partial charge in [0.15, 0.2) is 0 Å². The number of rotatable bonds is 10. The van der Waals surface area contributed by atoms with Crippen LogP contribution in [-0.2, 0) is 18.8 Å². The molecule has 3 atom stereocenters. The minimum absolute atomic E-state index is 0.0637. The van der Waals surface area contributed by atoms with Crippen LogP contribution >= 0.6 is 20.1 Å². The van der Waals surface area contributed by atoms with Crippen LogP contribution in [0.4, 0.5) is 23.4 Å². The van der Waals surface area contributed by atoms with E-state index in [1.165, 1.54) is 0 Å². The molecular formula is C26H32ClF4N4O6P. The summed E-state index contributed by atoms with van der Waals surface area (Å²) in [5, 5.41) is 4.42. The summed E-state index contributed by atoms with van der Waals surface area (Å²) in [4.78, 5) is 26.4. The maximum Gasteiger partial charge on any atom is 0.351 e. The summed E-state index contributed by atoms with van der Waals surface area (Å²) in [5.74, 6) is -3.15. The molecule has 10 nitrogen and oxygen atoms in total. The third-order valence-electron chi connectivity index (χ3n) is 5.45. The molecule has 1 aliphatic rings. The fourth-order valence-corrected chi connectivity index (χ4v) is 4.68. The quantitative estimate of drug-likeness (QED) is 0.166. The molecule has 16 heteroatoms. The summed E-state index contributed by atoms with van der Waals surface area (Å²) in [6.07, 6.45) is -1.72. The third-order valence-corrected chi connectivity index (χ3v) is 6.93. The van der Waals surface area contributed by atoms with Gasteiger partial charge in [-0.05, 0) is 25.3 Å². The van der Waals surface area contributed by atoms with Crippen molar-refractivity contribution in [2.75, 3.05) is 32.9 Å². The highest BCUT2D eigenvalue weighted by atomic mass is 35.5. The zero-order valence-corrected chi connectivity index (χ0v) is 24.7. The molecule has 1 fully saturated rings. The Hall–Kier alpha value is -2.87. The van der Waals surface area contributed by atoms with E-state index in [0.717, 1.165) is 17.0 Å². The molecule has 1 aromatic heterocycles. The third kappa shape index (κ3) is 10.4. The number of methoxy groups -OCH3 is 1. The zero-order chi connectivity index (χ0) is 31.3. The normalized spacial score (nSPS) is 18.0. The number of carbonyl (C=O) groups is 1. The molecule has 0 amide bonds. The molecule has 232 valence electrons. The first-order valence-electron chi connectivity index (χ1n) is 12.4. The number of aldehydes is 1. The van der Waals surface area contributed by atoms with Crippen molar-refractivity contribution in [2.45, 2.75) is 44.6 Å². The van der Waals surface area contributed by atoms with Gasteiger partial charge in [0.1, 0.15) is 17.9 Å². The van der Waals surface area contributed by atoms with Gasteiger partial charge in [0.2, 0.25) is 13.2 Å². The lowest BCUT2D eigenvalue weighted by Gasteiger charge is -2.21. The van der Waals surface area contributed by atoms with Gasteiger partial charge in [-0.15, -0.1) is 0 Å². The SMILES string of the molecule is COC(C)C.FCF.Nc1nc(=O)n(C2OC(COP(NCC=O)Oc3cccc4ccccc34)CC2(F)F)cc1Cl.